The third-order valence-electron chi connectivity index (χ3n) is 6.13. The molecule has 1 heterocycles. The molecule has 0 spiro atoms. The molecule has 0 aliphatic heterocycles. The zero-order valence-electron chi connectivity index (χ0n) is 14.6. The molecule has 3 unspecified atom stereocenters. The minimum atomic E-state index is 0.104. The van der Waals surface area contributed by atoms with Crippen LogP contribution in [0, 0.1) is 5.41 Å². The highest BCUT2D eigenvalue weighted by atomic mass is 79.9. The number of fused-ring (bicyclic) bond motifs is 2. The van der Waals surface area contributed by atoms with Crippen molar-refractivity contribution in [3.8, 4) is 0 Å². The summed E-state index contributed by atoms with van der Waals surface area (Å²) >= 11 is 9.80. The minimum absolute atomic E-state index is 0.104. The van der Waals surface area contributed by atoms with Crippen molar-refractivity contribution in [2.24, 2.45) is 22.7 Å². The number of halogens is 2. The fraction of sp³-hybridized carbons (Fsp3) is 0.579. The van der Waals surface area contributed by atoms with Gasteiger partial charge in [0.1, 0.15) is 0 Å². The van der Waals surface area contributed by atoms with Crippen LogP contribution in [0.1, 0.15) is 45.4 Å². The first kappa shape index (κ1) is 17.9. The number of hydrogen-bond donors (Lipinski definition) is 0. The second-order valence-electron chi connectivity index (χ2n) is 7.60. The Bertz CT molecular complexity index is 899. The molecule has 0 radical (unpaired) electrons. The molecule has 2 aromatic rings. The van der Waals surface area contributed by atoms with Gasteiger partial charge in [-0.1, -0.05) is 75.1 Å². The standard InChI is InChI=1S/C19H23Br2N3S/c1-18-10-5-6-11-19(18,21)16(20)13(9-12-18)22-23-17-24(2)14-7-3-4-8-15(14)25-17/h3-4,7-8,16H,5-6,9-12H2,1-2H3/b22-13+,23-17+. The summed E-state index contributed by atoms with van der Waals surface area (Å²) in [6, 6.07) is 8.41. The summed E-state index contributed by atoms with van der Waals surface area (Å²) < 4.78 is 3.48. The predicted molar refractivity (Wildman–Crippen MR) is 114 cm³/mol. The van der Waals surface area contributed by atoms with E-state index in [0.717, 1.165) is 11.2 Å². The molecule has 0 bridgehead atoms. The van der Waals surface area contributed by atoms with E-state index in [2.05, 4.69) is 79.8 Å². The number of thiazole rings is 1. The van der Waals surface area contributed by atoms with Crippen LogP contribution in [0.15, 0.2) is 34.5 Å². The summed E-state index contributed by atoms with van der Waals surface area (Å²) in [7, 11) is 2.06. The van der Waals surface area contributed by atoms with Crippen LogP contribution in [0.25, 0.3) is 10.2 Å². The van der Waals surface area contributed by atoms with Gasteiger partial charge in [0.15, 0.2) is 0 Å². The van der Waals surface area contributed by atoms with Crippen molar-refractivity contribution in [2.75, 3.05) is 0 Å². The highest BCUT2D eigenvalue weighted by Crippen LogP contribution is 2.58. The van der Waals surface area contributed by atoms with Gasteiger partial charge in [-0.25, -0.2) is 0 Å². The lowest BCUT2D eigenvalue weighted by Gasteiger charge is -2.54. The second-order valence-corrected chi connectivity index (χ2v) is 10.9. The number of benzene rings is 1. The van der Waals surface area contributed by atoms with Gasteiger partial charge in [0.2, 0.25) is 4.80 Å². The Balaban J connectivity index is 1.71. The van der Waals surface area contributed by atoms with Crippen molar-refractivity contribution in [2.45, 2.75) is 54.6 Å². The van der Waals surface area contributed by atoms with E-state index in [1.54, 1.807) is 11.3 Å². The zero-order valence-corrected chi connectivity index (χ0v) is 18.6. The van der Waals surface area contributed by atoms with E-state index in [1.165, 1.54) is 48.0 Å². The highest BCUT2D eigenvalue weighted by Gasteiger charge is 2.55. The Labute approximate surface area is 169 Å². The fourth-order valence-electron chi connectivity index (χ4n) is 4.35. The molecule has 2 aliphatic carbocycles. The lowest BCUT2D eigenvalue weighted by molar-refractivity contribution is 0.139. The lowest BCUT2D eigenvalue weighted by atomic mass is 9.60. The summed E-state index contributed by atoms with van der Waals surface area (Å²) in [5.74, 6) is 0. The topological polar surface area (TPSA) is 29.6 Å². The molecule has 2 saturated carbocycles. The van der Waals surface area contributed by atoms with Crippen LogP contribution >= 0.6 is 43.2 Å². The first-order chi connectivity index (χ1) is 11.9. The third kappa shape index (κ3) is 2.88. The van der Waals surface area contributed by atoms with Crippen LogP contribution in [-0.2, 0) is 7.05 Å². The highest BCUT2D eigenvalue weighted by molar-refractivity contribution is 9.12. The Morgan fingerprint density at radius 3 is 2.72 bits per heavy atom. The van der Waals surface area contributed by atoms with E-state index in [1.807, 2.05) is 0 Å². The molecule has 1 aromatic carbocycles. The maximum absolute atomic E-state index is 4.71. The molecule has 134 valence electrons. The largest absolute Gasteiger partial charge is 0.318 e. The van der Waals surface area contributed by atoms with E-state index in [-0.39, 0.29) is 9.15 Å². The lowest BCUT2D eigenvalue weighted by Crippen LogP contribution is -2.56. The van der Waals surface area contributed by atoms with Gasteiger partial charge in [0, 0.05) is 11.4 Å². The van der Waals surface area contributed by atoms with Crippen molar-refractivity contribution in [1.82, 2.24) is 4.57 Å². The van der Waals surface area contributed by atoms with Crippen molar-refractivity contribution >= 4 is 59.1 Å². The predicted octanol–water partition coefficient (Wildman–Crippen LogP) is 5.77. The Morgan fingerprint density at radius 2 is 1.92 bits per heavy atom. The number of alkyl halides is 2. The smallest absolute Gasteiger partial charge is 0.211 e. The van der Waals surface area contributed by atoms with E-state index in [9.17, 15) is 0 Å². The van der Waals surface area contributed by atoms with Crippen molar-refractivity contribution in [3.05, 3.63) is 29.1 Å². The van der Waals surface area contributed by atoms with Gasteiger partial charge in [0.05, 0.1) is 20.8 Å². The van der Waals surface area contributed by atoms with Gasteiger partial charge < -0.3 is 4.57 Å². The number of hydrogen-bond acceptors (Lipinski definition) is 3. The van der Waals surface area contributed by atoms with E-state index in [0.29, 0.717) is 5.41 Å². The average Bonchev–Trinajstić information content (AvgIpc) is 2.93. The third-order valence-corrected chi connectivity index (χ3v) is 11.0. The number of nitrogens with zero attached hydrogens (tertiary/aromatic N) is 3. The molecule has 2 aliphatic rings. The molecule has 3 atom stereocenters. The van der Waals surface area contributed by atoms with Gasteiger partial charge in [-0.2, -0.15) is 5.10 Å². The Morgan fingerprint density at radius 1 is 1.16 bits per heavy atom. The van der Waals surface area contributed by atoms with Crippen LogP contribution in [0.5, 0.6) is 0 Å². The van der Waals surface area contributed by atoms with Crippen LogP contribution in [0.2, 0.25) is 0 Å². The van der Waals surface area contributed by atoms with Gasteiger partial charge in [-0.05, 0) is 43.2 Å². The van der Waals surface area contributed by atoms with Crippen LogP contribution in [-0.4, -0.2) is 19.4 Å². The van der Waals surface area contributed by atoms with Gasteiger partial charge in [0.25, 0.3) is 0 Å². The summed E-state index contributed by atoms with van der Waals surface area (Å²) in [6.07, 6.45) is 7.35. The zero-order chi connectivity index (χ0) is 17.7. The van der Waals surface area contributed by atoms with E-state index in [4.69, 9.17) is 5.10 Å². The molecular formula is C19H23Br2N3S. The first-order valence-electron chi connectivity index (χ1n) is 8.93. The second kappa shape index (κ2) is 6.61. The number of aryl methyl sites for hydroxylation is 1. The van der Waals surface area contributed by atoms with Crippen LogP contribution in [0.3, 0.4) is 0 Å². The Hall–Kier alpha value is -0.460. The van der Waals surface area contributed by atoms with Crippen molar-refractivity contribution in [1.29, 1.82) is 0 Å². The maximum Gasteiger partial charge on any atom is 0.211 e. The molecule has 25 heavy (non-hydrogen) atoms. The Kier molecular flexibility index (Phi) is 4.74. The van der Waals surface area contributed by atoms with Gasteiger partial charge >= 0.3 is 0 Å². The minimum Gasteiger partial charge on any atom is -0.318 e. The number of aromatic nitrogens is 1. The van der Waals surface area contributed by atoms with E-state index < -0.39 is 0 Å². The van der Waals surface area contributed by atoms with Crippen LogP contribution < -0.4 is 4.80 Å². The molecular weight excluding hydrogens is 462 g/mol. The molecule has 4 rings (SSSR count). The van der Waals surface area contributed by atoms with Crippen molar-refractivity contribution < 1.29 is 0 Å². The van der Waals surface area contributed by atoms with Crippen LogP contribution in [0.4, 0.5) is 0 Å². The quantitative estimate of drug-likeness (QED) is 0.363. The molecule has 2 fully saturated rings. The summed E-state index contributed by atoms with van der Waals surface area (Å²) in [5.41, 5.74) is 2.73. The first-order valence-corrected chi connectivity index (χ1v) is 11.5. The SMILES string of the molecule is Cn1/c(=N\N=C2/CCC3(C)CCCCC3(Br)C2Br)sc2ccccc21. The molecule has 0 N–H and O–H groups in total. The molecule has 3 nitrogen and oxygen atoms in total. The number of para-hydroxylation sites is 1. The molecule has 0 amide bonds. The monoisotopic (exact) mass is 483 g/mol. The number of rotatable bonds is 1. The summed E-state index contributed by atoms with van der Waals surface area (Å²) in [6.45, 7) is 2.44. The normalized spacial score (nSPS) is 35.3. The van der Waals surface area contributed by atoms with Crippen molar-refractivity contribution in [3.63, 3.8) is 0 Å². The maximum atomic E-state index is 4.71. The fourth-order valence-corrected chi connectivity index (χ4v) is 7.37. The summed E-state index contributed by atoms with van der Waals surface area (Å²) in [4.78, 5) is 1.21. The summed E-state index contributed by atoms with van der Waals surface area (Å²) in [5, 5.41) is 9.34. The van der Waals surface area contributed by atoms with Gasteiger partial charge in [-0.15, -0.1) is 5.10 Å². The van der Waals surface area contributed by atoms with Gasteiger partial charge in [-0.3, -0.25) is 0 Å². The molecule has 0 saturated heterocycles. The van der Waals surface area contributed by atoms with E-state index >= 15 is 0 Å². The molecule has 6 heteroatoms. The average molecular weight is 485 g/mol. The molecule has 1 aromatic heterocycles.